The minimum atomic E-state index is -1.03. The Balaban J connectivity index is 1.77. The monoisotopic (exact) mass is 518 g/mol. The molecule has 0 aromatic heterocycles. The third kappa shape index (κ3) is 3.65. The highest BCUT2D eigenvalue weighted by Crippen LogP contribution is 2.59. The minimum absolute atomic E-state index is 0.117. The summed E-state index contributed by atoms with van der Waals surface area (Å²) < 4.78 is 6.81. The maximum absolute atomic E-state index is 14.0. The largest absolute Gasteiger partial charge is 0.459 e. The fraction of sp³-hybridized carbons (Fsp3) is 0.286. The topological polar surface area (TPSA) is 67.4 Å². The number of rotatable bonds is 3. The van der Waals surface area contributed by atoms with Crippen molar-refractivity contribution in [2.24, 2.45) is 0 Å². The molecule has 1 amide bonds. The molecule has 2 N–H and O–H groups in total. The fourth-order valence-electron chi connectivity index (χ4n) is 5.45. The molecule has 1 spiro atoms. The lowest BCUT2D eigenvalue weighted by molar-refractivity contribution is -0.157. The summed E-state index contributed by atoms with van der Waals surface area (Å²) in [5.41, 5.74) is 1.83. The number of nitrogens with one attached hydrogen (secondary N) is 2. The summed E-state index contributed by atoms with van der Waals surface area (Å²) in [7, 11) is 0. The molecule has 34 heavy (non-hydrogen) atoms. The summed E-state index contributed by atoms with van der Waals surface area (Å²) >= 11 is 3.51. The molecule has 5 nitrogen and oxygen atoms in total. The van der Waals surface area contributed by atoms with Crippen LogP contribution in [0.2, 0.25) is 0 Å². The number of anilines is 1. The molecule has 3 aromatic carbocycles. The first-order chi connectivity index (χ1) is 16.2. The van der Waals surface area contributed by atoms with E-state index in [0.29, 0.717) is 0 Å². The Bertz CT molecular complexity index is 1240. The van der Waals surface area contributed by atoms with Gasteiger partial charge >= 0.3 is 5.97 Å². The Morgan fingerprint density at radius 3 is 2.24 bits per heavy atom. The lowest BCUT2D eigenvalue weighted by Gasteiger charge is -2.35. The first-order valence-electron chi connectivity index (χ1n) is 11.4. The predicted molar refractivity (Wildman–Crippen MR) is 136 cm³/mol. The summed E-state index contributed by atoms with van der Waals surface area (Å²) in [5, 5.41) is 6.66. The molecular formula is C28H27BrN2O3. The van der Waals surface area contributed by atoms with E-state index in [2.05, 4.69) is 26.6 Å². The second-order valence-electron chi connectivity index (χ2n) is 9.92. The number of para-hydroxylation sites is 1. The number of benzene rings is 3. The zero-order valence-electron chi connectivity index (χ0n) is 19.3. The van der Waals surface area contributed by atoms with E-state index in [0.717, 1.165) is 26.9 Å². The van der Waals surface area contributed by atoms with Crippen molar-refractivity contribution in [1.82, 2.24) is 5.32 Å². The van der Waals surface area contributed by atoms with Gasteiger partial charge in [0.1, 0.15) is 17.1 Å². The Morgan fingerprint density at radius 2 is 1.56 bits per heavy atom. The predicted octanol–water partition coefficient (Wildman–Crippen LogP) is 5.48. The molecule has 4 atom stereocenters. The van der Waals surface area contributed by atoms with Gasteiger partial charge in [0.2, 0.25) is 5.91 Å². The molecule has 0 unspecified atom stereocenters. The van der Waals surface area contributed by atoms with Crippen LogP contribution in [-0.2, 0) is 19.7 Å². The molecule has 2 aliphatic heterocycles. The first-order valence-corrected chi connectivity index (χ1v) is 12.2. The number of amides is 1. The smallest absolute Gasteiger partial charge is 0.324 e. The Labute approximate surface area is 208 Å². The van der Waals surface area contributed by atoms with Crippen molar-refractivity contribution in [3.63, 3.8) is 0 Å². The van der Waals surface area contributed by atoms with E-state index in [-0.39, 0.29) is 11.9 Å². The highest BCUT2D eigenvalue weighted by Gasteiger charge is 2.66. The molecule has 0 radical (unpaired) electrons. The van der Waals surface area contributed by atoms with Gasteiger partial charge in [0.25, 0.3) is 0 Å². The summed E-state index contributed by atoms with van der Waals surface area (Å²) in [5.74, 6) is -0.951. The molecule has 174 valence electrons. The van der Waals surface area contributed by atoms with Crippen LogP contribution in [0.25, 0.3) is 0 Å². The standard InChI is InChI=1S/C28H27BrN2O3/c1-27(2,3)34-25(32)23-22(17-9-5-4-6-10-17)28(20-11-7-8-12-21(20)30-26(28)33)24(31-23)18-13-15-19(29)16-14-18/h4-16,22-24,31H,1-3H3,(H,30,33)/t22-,23+,24-,28+/m1/s1. The number of hydrogen-bond donors (Lipinski definition) is 2. The third-order valence-corrected chi connectivity index (χ3v) is 7.17. The summed E-state index contributed by atoms with van der Waals surface area (Å²) in [6, 6.07) is 24.3. The number of hydrogen-bond acceptors (Lipinski definition) is 4. The van der Waals surface area contributed by atoms with E-state index < -0.39 is 29.0 Å². The van der Waals surface area contributed by atoms with Crippen molar-refractivity contribution in [1.29, 1.82) is 0 Å². The SMILES string of the molecule is CC(C)(C)OC(=O)[C@H]1N[C@H](c2ccc(Br)cc2)[C@@]2(C(=O)Nc3ccccc32)[C@@H]1c1ccccc1. The van der Waals surface area contributed by atoms with Gasteiger partial charge in [0.15, 0.2) is 0 Å². The third-order valence-electron chi connectivity index (χ3n) is 6.64. The van der Waals surface area contributed by atoms with Gasteiger partial charge in [0.05, 0.1) is 6.04 Å². The lowest BCUT2D eigenvalue weighted by atomic mass is 9.63. The van der Waals surface area contributed by atoms with Gasteiger partial charge in [0, 0.05) is 16.1 Å². The summed E-state index contributed by atoms with van der Waals surface area (Å²) in [4.78, 5) is 27.6. The van der Waals surface area contributed by atoms with Crippen molar-refractivity contribution in [2.45, 2.75) is 49.8 Å². The van der Waals surface area contributed by atoms with Crippen LogP contribution in [0.1, 0.15) is 49.4 Å². The van der Waals surface area contributed by atoms with E-state index in [1.165, 1.54) is 0 Å². The molecule has 0 saturated carbocycles. The maximum atomic E-state index is 14.0. The van der Waals surface area contributed by atoms with Crippen LogP contribution in [0, 0.1) is 0 Å². The van der Waals surface area contributed by atoms with Crippen molar-refractivity contribution < 1.29 is 14.3 Å². The zero-order chi connectivity index (χ0) is 24.1. The van der Waals surface area contributed by atoms with Gasteiger partial charge in [-0.3, -0.25) is 14.9 Å². The van der Waals surface area contributed by atoms with Gasteiger partial charge in [-0.15, -0.1) is 0 Å². The van der Waals surface area contributed by atoms with Gasteiger partial charge in [-0.05, 0) is 55.7 Å². The van der Waals surface area contributed by atoms with Crippen LogP contribution < -0.4 is 10.6 Å². The average Bonchev–Trinajstić information content (AvgIpc) is 3.30. The van der Waals surface area contributed by atoms with Crippen molar-refractivity contribution in [2.75, 3.05) is 5.32 Å². The summed E-state index contributed by atoms with van der Waals surface area (Å²) in [6.07, 6.45) is 0. The lowest BCUT2D eigenvalue weighted by Crippen LogP contribution is -2.44. The average molecular weight is 519 g/mol. The molecule has 2 aliphatic rings. The molecule has 6 heteroatoms. The van der Waals surface area contributed by atoms with Crippen LogP contribution in [0.5, 0.6) is 0 Å². The second-order valence-corrected chi connectivity index (χ2v) is 10.8. The molecule has 1 saturated heterocycles. The molecule has 2 heterocycles. The summed E-state index contributed by atoms with van der Waals surface area (Å²) in [6.45, 7) is 5.57. The molecule has 3 aromatic rings. The van der Waals surface area contributed by atoms with E-state index in [1.54, 1.807) is 0 Å². The number of carbonyl (C=O) groups is 2. The number of ether oxygens (including phenoxy) is 1. The molecule has 5 rings (SSSR count). The zero-order valence-corrected chi connectivity index (χ0v) is 20.9. The van der Waals surface area contributed by atoms with Gasteiger partial charge in [-0.2, -0.15) is 0 Å². The molecule has 0 aliphatic carbocycles. The highest BCUT2D eigenvalue weighted by atomic mass is 79.9. The second kappa shape index (κ2) is 8.36. The number of fused-ring (bicyclic) bond motifs is 2. The molecule has 1 fully saturated rings. The number of carbonyl (C=O) groups excluding carboxylic acids is 2. The van der Waals surface area contributed by atoms with Crippen molar-refractivity contribution >= 4 is 33.5 Å². The fourth-order valence-corrected chi connectivity index (χ4v) is 5.71. The van der Waals surface area contributed by atoms with E-state index in [9.17, 15) is 9.59 Å². The van der Waals surface area contributed by atoms with Gasteiger partial charge in [-0.25, -0.2) is 0 Å². The Kier molecular flexibility index (Phi) is 5.61. The van der Waals surface area contributed by atoms with Crippen LogP contribution in [0.3, 0.4) is 0 Å². The van der Waals surface area contributed by atoms with Crippen LogP contribution in [0.4, 0.5) is 5.69 Å². The van der Waals surface area contributed by atoms with E-state index >= 15 is 0 Å². The number of esters is 1. The molecule has 0 bridgehead atoms. The van der Waals surface area contributed by atoms with Gasteiger partial charge in [-0.1, -0.05) is 76.6 Å². The number of halogens is 1. The van der Waals surface area contributed by atoms with E-state index in [1.807, 2.05) is 99.6 Å². The van der Waals surface area contributed by atoms with Crippen molar-refractivity contribution in [3.8, 4) is 0 Å². The quantitative estimate of drug-likeness (QED) is 0.450. The maximum Gasteiger partial charge on any atom is 0.324 e. The van der Waals surface area contributed by atoms with Crippen LogP contribution in [-0.4, -0.2) is 23.5 Å². The highest BCUT2D eigenvalue weighted by molar-refractivity contribution is 9.10. The van der Waals surface area contributed by atoms with Crippen molar-refractivity contribution in [3.05, 3.63) is 100 Å². The Hall–Kier alpha value is -2.96. The molecular weight excluding hydrogens is 492 g/mol. The van der Waals surface area contributed by atoms with Crippen LogP contribution >= 0.6 is 15.9 Å². The van der Waals surface area contributed by atoms with Gasteiger partial charge < -0.3 is 10.1 Å². The van der Waals surface area contributed by atoms with E-state index in [4.69, 9.17) is 4.74 Å². The Morgan fingerprint density at radius 1 is 0.912 bits per heavy atom. The van der Waals surface area contributed by atoms with Crippen LogP contribution in [0.15, 0.2) is 83.3 Å². The normalized spacial score (nSPS) is 25.8. The first kappa shape index (κ1) is 22.8. The minimum Gasteiger partial charge on any atom is -0.459 e.